The van der Waals surface area contributed by atoms with Crippen LogP contribution in [0.2, 0.25) is 0 Å². The molecule has 0 unspecified atom stereocenters. The summed E-state index contributed by atoms with van der Waals surface area (Å²) >= 11 is 1.41. The summed E-state index contributed by atoms with van der Waals surface area (Å²) in [5.41, 5.74) is 1.91. The van der Waals surface area contributed by atoms with Gasteiger partial charge < -0.3 is 10.6 Å². The number of benzene rings is 2. The van der Waals surface area contributed by atoms with Gasteiger partial charge in [-0.15, -0.1) is 11.3 Å². The highest BCUT2D eigenvalue weighted by molar-refractivity contribution is 7.20. The minimum atomic E-state index is -0.229. The molecule has 4 nitrogen and oxygen atoms in total. The van der Waals surface area contributed by atoms with E-state index in [1.54, 1.807) is 0 Å². The Labute approximate surface area is 138 Å². The van der Waals surface area contributed by atoms with Crippen molar-refractivity contribution in [3.63, 3.8) is 0 Å². The van der Waals surface area contributed by atoms with Crippen molar-refractivity contribution < 1.29 is 9.59 Å². The van der Waals surface area contributed by atoms with Crippen LogP contribution in [-0.4, -0.2) is 18.9 Å². The number of carbonyl (C=O) groups is 2. The molecule has 0 saturated heterocycles. The van der Waals surface area contributed by atoms with Gasteiger partial charge in [0.15, 0.2) is 6.29 Å². The van der Waals surface area contributed by atoms with Crippen molar-refractivity contribution in [2.75, 3.05) is 11.9 Å². The second kappa shape index (κ2) is 7.07. The number of aldehydes is 1. The number of carbonyl (C=O) groups excluding carboxylic acids is 2. The van der Waals surface area contributed by atoms with Crippen LogP contribution in [0.1, 0.15) is 15.2 Å². The molecule has 0 atom stereocenters. The zero-order valence-electron chi connectivity index (χ0n) is 12.4. The van der Waals surface area contributed by atoms with Gasteiger partial charge in [-0.2, -0.15) is 0 Å². The van der Waals surface area contributed by atoms with Gasteiger partial charge in [0, 0.05) is 16.9 Å². The van der Waals surface area contributed by atoms with Crippen LogP contribution in [0.5, 0.6) is 0 Å². The molecule has 0 spiro atoms. The number of anilines is 1. The van der Waals surface area contributed by atoms with Crippen molar-refractivity contribution in [2.24, 2.45) is 0 Å². The fourth-order valence-electron chi connectivity index (χ4n) is 2.33. The van der Waals surface area contributed by atoms with Gasteiger partial charge in [0.25, 0.3) is 0 Å². The summed E-state index contributed by atoms with van der Waals surface area (Å²) in [5.74, 6) is 0. The highest BCUT2D eigenvalue weighted by atomic mass is 32.1. The number of fused-ring (bicyclic) bond motifs is 1. The third-order valence-corrected chi connectivity index (χ3v) is 4.48. The summed E-state index contributed by atoms with van der Waals surface area (Å²) in [6.45, 7) is 0.576. The summed E-state index contributed by atoms with van der Waals surface area (Å²) in [7, 11) is 0. The fraction of sp³-hybridized carbons (Fsp3) is 0.111. The van der Waals surface area contributed by atoms with Crippen LogP contribution in [0.4, 0.5) is 10.5 Å². The predicted octanol–water partition coefficient (Wildman–Crippen LogP) is 4.08. The van der Waals surface area contributed by atoms with E-state index in [1.165, 1.54) is 16.9 Å². The Morgan fingerprint density at radius 2 is 1.91 bits per heavy atom. The Morgan fingerprint density at radius 1 is 1.09 bits per heavy atom. The predicted molar refractivity (Wildman–Crippen MR) is 94.4 cm³/mol. The molecule has 0 saturated carbocycles. The lowest BCUT2D eigenvalue weighted by molar-refractivity contribution is 0.112. The number of urea groups is 1. The van der Waals surface area contributed by atoms with E-state index < -0.39 is 0 Å². The van der Waals surface area contributed by atoms with Gasteiger partial charge in [0.05, 0.1) is 4.88 Å². The highest BCUT2D eigenvalue weighted by Gasteiger charge is 2.05. The molecule has 0 aliphatic carbocycles. The monoisotopic (exact) mass is 324 g/mol. The van der Waals surface area contributed by atoms with E-state index in [4.69, 9.17) is 0 Å². The van der Waals surface area contributed by atoms with Crippen molar-refractivity contribution in [3.8, 4) is 0 Å². The van der Waals surface area contributed by atoms with Crippen LogP contribution in [-0.2, 0) is 6.42 Å². The quantitative estimate of drug-likeness (QED) is 0.695. The molecule has 0 bridgehead atoms. The zero-order chi connectivity index (χ0) is 16.1. The molecule has 0 aliphatic heterocycles. The van der Waals surface area contributed by atoms with E-state index in [-0.39, 0.29) is 6.03 Å². The molecule has 0 radical (unpaired) electrons. The van der Waals surface area contributed by atoms with Gasteiger partial charge in [0.1, 0.15) is 0 Å². The zero-order valence-corrected chi connectivity index (χ0v) is 13.2. The topological polar surface area (TPSA) is 58.2 Å². The van der Waals surface area contributed by atoms with Crippen LogP contribution >= 0.6 is 11.3 Å². The Kier molecular flexibility index (Phi) is 4.68. The van der Waals surface area contributed by atoms with Crippen LogP contribution in [0.25, 0.3) is 10.1 Å². The van der Waals surface area contributed by atoms with Crippen molar-refractivity contribution in [2.45, 2.75) is 6.42 Å². The van der Waals surface area contributed by atoms with Gasteiger partial charge in [-0.25, -0.2) is 4.79 Å². The van der Waals surface area contributed by atoms with E-state index in [0.29, 0.717) is 17.1 Å². The Balaban J connectivity index is 1.56. The van der Waals surface area contributed by atoms with Crippen molar-refractivity contribution in [1.29, 1.82) is 0 Å². The minimum absolute atomic E-state index is 0.229. The number of amides is 2. The first-order chi connectivity index (χ1) is 11.2. The lowest BCUT2D eigenvalue weighted by Crippen LogP contribution is -2.30. The number of hydrogen-bond donors (Lipinski definition) is 2. The molecule has 3 rings (SSSR count). The van der Waals surface area contributed by atoms with E-state index in [2.05, 4.69) is 10.6 Å². The lowest BCUT2D eigenvalue weighted by atomic mass is 10.1. The molecule has 1 heterocycles. The maximum atomic E-state index is 11.9. The second-order valence-corrected chi connectivity index (χ2v) is 6.25. The smallest absolute Gasteiger partial charge is 0.319 e. The molecule has 2 N–H and O–H groups in total. The van der Waals surface area contributed by atoms with Crippen molar-refractivity contribution in [3.05, 3.63) is 65.0 Å². The first-order valence-corrected chi connectivity index (χ1v) is 8.14. The lowest BCUT2D eigenvalue weighted by Gasteiger charge is -2.08. The summed E-state index contributed by atoms with van der Waals surface area (Å²) < 4.78 is 0.981. The van der Waals surface area contributed by atoms with E-state index >= 15 is 0 Å². The summed E-state index contributed by atoms with van der Waals surface area (Å²) in [5, 5.41) is 6.66. The molecule has 2 aromatic carbocycles. The molecule has 2 amide bonds. The van der Waals surface area contributed by atoms with Crippen LogP contribution in [0, 0.1) is 0 Å². The maximum absolute atomic E-state index is 11.9. The third-order valence-electron chi connectivity index (χ3n) is 3.46. The molecule has 0 fully saturated rings. The largest absolute Gasteiger partial charge is 0.338 e. The van der Waals surface area contributed by atoms with Crippen LogP contribution < -0.4 is 10.6 Å². The molecular weight excluding hydrogens is 308 g/mol. The highest BCUT2D eigenvalue weighted by Crippen LogP contribution is 2.27. The van der Waals surface area contributed by atoms with Gasteiger partial charge in [-0.1, -0.05) is 36.4 Å². The normalized spacial score (nSPS) is 10.4. The average Bonchev–Trinajstić information content (AvgIpc) is 2.98. The van der Waals surface area contributed by atoms with Gasteiger partial charge in [-0.3, -0.25) is 4.79 Å². The molecule has 116 valence electrons. The first-order valence-electron chi connectivity index (χ1n) is 7.32. The fourth-order valence-corrected chi connectivity index (χ4v) is 3.25. The van der Waals surface area contributed by atoms with Gasteiger partial charge in [0.2, 0.25) is 0 Å². The summed E-state index contributed by atoms with van der Waals surface area (Å²) in [6, 6.07) is 17.2. The van der Waals surface area contributed by atoms with E-state index in [0.717, 1.165) is 22.8 Å². The molecule has 3 aromatic rings. The van der Waals surface area contributed by atoms with Crippen LogP contribution in [0.15, 0.2) is 54.6 Å². The maximum Gasteiger partial charge on any atom is 0.319 e. The Morgan fingerprint density at radius 3 is 2.70 bits per heavy atom. The average molecular weight is 324 g/mol. The second-order valence-electron chi connectivity index (χ2n) is 5.14. The van der Waals surface area contributed by atoms with Crippen LogP contribution in [0.3, 0.4) is 0 Å². The molecular formula is C18H16N2O2S. The van der Waals surface area contributed by atoms with Crippen molar-refractivity contribution in [1.82, 2.24) is 5.32 Å². The molecule has 23 heavy (non-hydrogen) atoms. The number of thiophene rings is 1. The summed E-state index contributed by atoms with van der Waals surface area (Å²) in [4.78, 5) is 23.4. The first kappa shape index (κ1) is 15.2. The SMILES string of the molecule is O=Cc1cc2ccc(NC(=O)NCCc3ccccc3)cc2s1. The van der Waals surface area contributed by atoms with Gasteiger partial charge >= 0.3 is 6.03 Å². The van der Waals surface area contributed by atoms with Crippen molar-refractivity contribution >= 4 is 39.4 Å². The molecule has 5 heteroatoms. The Bertz CT molecular complexity index is 827. The number of nitrogens with one attached hydrogen (secondary N) is 2. The van der Waals surface area contributed by atoms with E-state index in [9.17, 15) is 9.59 Å². The standard InChI is InChI=1S/C18H16N2O2S/c21-12-16-10-14-6-7-15(11-17(14)23-16)20-18(22)19-9-8-13-4-2-1-3-5-13/h1-7,10-12H,8-9H2,(H2,19,20,22). The molecule has 0 aliphatic rings. The Hall–Kier alpha value is -2.66. The molecule has 1 aromatic heterocycles. The third kappa shape index (κ3) is 3.96. The number of rotatable bonds is 5. The van der Waals surface area contributed by atoms with Gasteiger partial charge in [-0.05, 0) is 35.6 Å². The summed E-state index contributed by atoms with van der Waals surface area (Å²) in [6.07, 6.45) is 1.63. The van der Waals surface area contributed by atoms with E-state index in [1.807, 2.05) is 54.6 Å². The minimum Gasteiger partial charge on any atom is -0.338 e. The number of hydrogen-bond acceptors (Lipinski definition) is 3.